The van der Waals surface area contributed by atoms with E-state index in [4.69, 9.17) is 0 Å². The van der Waals surface area contributed by atoms with Gasteiger partial charge in [-0.05, 0) is 24.3 Å². The van der Waals surface area contributed by atoms with Crippen LogP contribution in [0.1, 0.15) is 5.69 Å². The van der Waals surface area contributed by atoms with Crippen molar-refractivity contribution in [1.82, 2.24) is 4.57 Å². The van der Waals surface area contributed by atoms with E-state index in [0.29, 0.717) is 0 Å². The topological polar surface area (TPSA) is 17.3 Å². The van der Waals surface area contributed by atoms with Crippen molar-refractivity contribution < 1.29 is 8.78 Å². The van der Waals surface area contributed by atoms with Gasteiger partial charge in [-0.15, -0.1) is 0 Å². The zero-order valence-electron chi connectivity index (χ0n) is 8.69. The van der Waals surface area contributed by atoms with Gasteiger partial charge in [-0.2, -0.15) is 0 Å². The molecule has 1 heterocycles. The van der Waals surface area contributed by atoms with Gasteiger partial charge in [0.1, 0.15) is 5.82 Å². The summed E-state index contributed by atoms with van der Waals surface area (Å²) < 4.78 is 27.7. The summed E-state index contributed by atoms with van der Waals surface area (Å²) in [7, 11) is 1.86. The van der Waals surface area contributed by atoms with Crippen LogP contribution in [0.25, 0.3) is 0 Å². The van der Waals surface area contributed by atoms with Crippen LogP contribution in [-0.4, -0.2) is 10.8 Å². The predicted molar refractivity (Wildman–Crippen MR) is 59.0 cm³/mol. The van der Waals surface area contributed by atoms with Crippen molar-refractivity contribution >= 4 is 11.9 Å². The van der Waals surface area contributed by atoms with Gasteiger partial charge >= 0.3 is 0 Å². The first-order valence-corrected chi connectivity index (χ1v) is 4.77. The molecule has 2 nitrogen and oxygen atoms in total. The Morgan fingerprint density at radius 1 is 1.25 bits per heavy atom. The molecule has 2 rings (SSSR count). The maximum atomic E-state index is 13.2. The van der Waals surface area contributed by atoms with Crippen molar-refractivity contribution in [3.8, 4) is 0 Å². The van der Waals surface area contributed by atoms with Crippen LogP contribution in [-0.2, 0) is 7.05 Å². The molecule has 0 radical (unpaired) electrons. The molecule has 2 aromatic rings. The molecular weight excluding hydrogens is 210 g/mol. The first kappa shape index (κ1) is 10.5. The highest BCUT2D eigenvalue weighted by Crippen LogP contribution is 2.18. The average Bonchev–Trinajstić information content (AvgIpc) is 2.63. The fraction of sp³-hybridized carbons (Fsp3) is 0.0833. The average molecular weight is 220 g/mol. The molecule has 0 aliphatic carbocycles. The molecule has 0 bridgehead atoms. The number of aromatic nitrogens is 1. The summed E-state index contributed by atoms with van der Waals surface area (Å²) in [5.41, 5.74) is 0.978. The van der Waals surface area contributed by atoms with Gasteiger partial charge in [0.05, 0.1) is 17.6 Å². The van der Waals surface area contributed by atoms with Crippen LogP contribution in [0.4, 0.5) is 14.5 Å². The third-order valence-corrected chi connectivity index (χ3v) is 2.23. The summed E-state index contributed by atoms with van der Waals surface area (Å²) in [4.78, 5) is 3.96. The molecule has 0 saturated carbocycles. The van der Waals surface area contributed by atoms with Crippen LogP contribution in [0.5, 0.6) is 0 Å². The van der Waals surface area contributed by atoms with Crippen LogP contribution in [0.2, 0.25) is 0 Å². The van der Waals surface area contributed by atoms with Gasteiger partial charge < -0.3 is 4.57 Å². The lowest BCUT2D eigenvalue weighted by Gasteiger charge is -1.97. The van der Waals surface area contributed by atoms with Crippen LogP contribution >= 0.6 is 0 Å². The second-order valence-corrected chi connectivity index (χ2v) is 3.40. The zero-order chi connectivity index (χ0) is 11.5. The van der Waals surface area contributed by atoms with E-state index in [1.54, 1.807) is 0 Å². The molecule has 1 aromatic carbocycles. The maximum Gasteiger partial charge on any atom is 0.151 e. The summed E-state index contributed by atoms with van der Waals surface area (Å²) in [5.74, 6) is -1.26. The maximum absolute atomic E-state index is 13.2. The van der Waals surface area contributed by atoms with Gasteiger partial charge in [0.25, 0.3) is 0 Å². The minimum Gasteiger partial charge on any atom is -0.350 e. The molecule has 0 aliphatic rings. The third-order valence-electron chi connectivity index (χ3n) is 2.23. The van der Waals surface area contributed by atoms with Crippen molar-refractivity contribution in [3.05, 3.63) is 53.9 Å². The van der Waals surface area contributed by atoms with Crippen LogP contribution < -0.4 is 0 Å². The SMILES string of the molecule is Cn1cccc1C=Nc1ccc(F)cc1F. The summed E-state index contributed by atoms with van der Waals surface area (Å²) in [6, 6.07) is 7.02. The normalized spacial score (nSPS) is 11.2. The molecule has 1 aromatic heterocycles. The first-order valence-electron chi connectivity index (χ1n) is 4.77. The van der Waals surface area contributed by atoms with E-state index in [1.807, 2.05) is 29.9 Å². The van der Waals surface area contributed by atoms with Gasteiger partial charge in [0, 0.05) is 19.3 Å². The highest BCUT2D eigenvalue weighted by Gasteiger charge is 2.01. The number of benzene rings is 1. The number of nitrogens with zero attached hydrogens (tertiary/aromatic N) is 2. The summed E-state index contributed by atoms with van der Waals surface area (Å²) >= 11 is 0. The largest absolute Gasteiger partial charge is 0.350 e. The number of rotatable bonds is 2. The molecule has 0 fully saturated rings. The fourth-order valence-corrected chi connectivity index (χ4v) is 1.33. The van der Waals surface area contributed by atoms with E-state index < -0.39 is 11.6 Å². The first-order chi connectivity index (χ1) is 7.66. The molecule has 0 N–H and O–H groups in total. The Kier molecular flexibility index (Phi) is 2.81. The van der Waals surface area contributed by atoms with Gasteiger partial charge in [0.2, 0.25) is 0 Å². The van der Waals surface area contributed by atoms with Crippen molar-refractivity contribution in [1.29, 1.82) is 0 Å². The summed E-state index contributed by atoms with van der Waals surface area (Å²) in [6.45, 7) is 0. The van der Waals surface area contributed by atoms with Crippen molar-refractivity contribution in [2.45, 2.75) is 0 Å². The summed E-state index contributed by atoms with van der Waals surface area (Å²) in [5, 5.41) is 0. The van der Waals surface area contributed by atoms with Crippen LogP contribution in [0, 0.1) is 11.6 Å². The molecule has 0 unspecified atom stereocenters. The highest BCUT2D eigenvalue weighted by atomic mass is 19.1. The Bertz CT molecular complexity index is 530. The minimum atomic E-state index is -0.662. The number of aliphatic imine (C=N–C) groups is 1. The molecule has 4 heteroatoms. The second-order valence-electron chi connectivity index (χ2n) is 3.40. The van der Waals surface area contributed by atoms with Crippen molar-refractivity contribution in [3.63, 3.8) is 0 Å². The standard InChI is InChI=1S/C12H10F2N2/c1-16-6-2-3-10(16)8-15-12-5-4-9(13)7-11(12)14/h2-8H,1H3. The third kappa shape index (κ3) is 2.16. The Morgan fingerprint density at radius 2 is 2.06 bits per heavy atom. The highest BCUT2D eigenvalue weighted by molar-refractivity contribution is 5.80. The molecule has 82 valence electrons. The zero-order valence-corrected chi connectivity index (χ0v) is 8.69. The van der Waals surface area contributed by atoms with E-state index in [0.717, 1.165) is 11.8 Å². The lowest BCUT2D eigenvalue weighted by molar-refractivity contribution is 0.585. The number of halogens is 2. The number of hydrogen-bond donors (Lipinski definition) is 0. The summed E-state index contributed by atoms with van der Waals surface area (Å²) in [6.07, 6.45) is 3.40. The lowest BCUT2D eigenvalue weighted by Crippen LogP contribution is -1.92. The van der Waals surface area contributed by atoms with E-state index in [2.05, 4.69) is 4.99 Å². The fourth-order valence-electron chi connectivity index (χ4n) is 1.33. The smallest absolute Gasteiger partial charge is 0.151 e. The van der Waals surface area contributed by atoms with Gasteiger partial charge in [0.15, 0.2) is 5.82 Å². The molecule has 16 heavy (non-hydrogen) atoms. The Morgan fingerprint density at radius 3 is 2.69 bits per heavy atom. The van der Waals surface area contributed by atoms with E-state index in [-0.39, 0.29) is 5.69 Å². The van der Waals surface area contributed by atoms with E-state index in [9.17, 15) is 8.78 Å². The molecule has 0 atom stereocenters. The van der Waals surface area contributed by atoms with Gasteiger partial charge in [-0.3, -0.25) is 4.99 Å². The van der Waals surface area contributed by atoms with E-state index >= 15 is 0 Å². The van der Waals surface area contributed by atoms with Gasteiger partial charge in [-0.25, -0.2) is 8.78 Å². The Labute approximate surface area is 91.9 Å². The number of aryl methyl sites for hydroxylation is 1. The molecular formula is C12H10F2N2. The predicted octanol–water partition coefficient (Wildman–Crippen LogP) is 3.05. The van der Waals surface area contributed by atoms with E-state index in [1.165, 1.54) is 18.3 Å². The molecule has 0 spiro atoms. The van der Waals surface area contributed by atoms with Crippen molar-refractivity contribution in [2.75, 3.05) is 0 Å². The monoisotopic (exact) mass is 220 g/mol. The molecule has 0 amide bonds. The van der Waals surface area contributed by atoms with Crippen molar-refractivity contribution in [2.24, 2.45) is 12.0 Å². The minimum absolute atomic E-state index is 0.127. The molecule has 0 saturated heterocycles. The lowest BCUT2D eigenvalue weighted by atomic mass is 10.3. The second kappa shape index (κ2) is 4.26. The molecule has 0 aliphatic heterocycles. The number of hydrogen-bond acceptors (Lipinski definition) is 1. The Hall–Kier alpha value is -1.97. The Balaban J connectivity index is 2.27. The van der Waals surface area contributed by atoms with Crippen LogP contribution in [0.15, 0.2) is 41.5 Å². The van der Waals surface area contributed by atoms with Gasteiger partial charge in [-0.1, -0.05) is 0 Å². The van der Waals surface area contributed by atoms with Crippen LogP contribution in [0.3, 0.4) is 0 Å². The quantitative estimate of drug-likeness (QED) is 0.692.